The van der Waals surface area contributed by atoms with Gasteiger partial charge in [-0.05, 0) is 93.0 Å². The van der Waals surface area contributed by atoms with E-state index in [2.05, 4.69) is 38.1 Å². The lowest BCUT2D eigenvalue weighted by Crippen LogP contribution is -2.33. The molecule has 0 aliphatic carbocycles. The Bertz CT molecular complexity index is 1530. The predicted molar refractivity (Wildman–Crippen MR) is 158 cm³/mol. The summed E-state index contributed by atoms with van der Waals surface area (Å²) >= 11 is 5.82. The molecule has 1 aliphatic heterocycles. The lowest BCUT2D eigenvalue weighted by molar-refractivity contribution is -0.116. The molecule has 1 amide bonds. The van der Waals surface area contributed by atoms with Crippen molar-refractivity contribution >= 4 is 28.9 Å². The molecule has 3 N–H and O–H groups in total. The fraction of sp³-hybridized carbons (Fsp3) is 0.258. The van der Waals surface area contributed by atoms with Crippen LogP contribution in [-0.2, 0) is 4.79 Å². The Hall–Kier alpha value is -4.17. The first-order valence-corrected chi connectivity index (χ1v) is 13.5. The Morgan fingerprint density at radius 2 is 1.82 bits per heavy atom. The van der Waals surface area contributed by atoms with Crippen molar-refractivity contribution in [3.05, 3.63) is 107 Å². The number of nitrogens with zero attached hydrogens (tertiary/aromatic N) is 3. The molecule has 1 saturated heterocycles. The second kappa shape index (κ2) is 10.9. The number of rotatable bonds is 7. The van der Waals surface area contributed by atoms with Gasteiger partial charge < -0.3 is 25.2 Å². The maximum absolute atomic E-state index is 13.0. The summed E-state index contributed by atoms with van der Waals surface area (Å²) < 4.78 is 2.06. The number of carbonyl (C=O) groups is 1. The van der Waals surface area contributed by atoms with Crippen molar-refractivity contribution in [2.24, 2.45) is 0 Å². The van der Waals surface area contributed by atoms with Crippen molar-refractivity contribution in [1.29, 1.82) is 0 Å². The number of amides is 1. The molecule has 2 atom stereocenters. The molecular weight excluding hydrogens is 506 g/mol. The molecule has 4 aromatic rings. The van der Waals surface area contributed by atoms with Gasteiger partial charge in [-0.25, -0.2) is 0 Å². The van der Waals surface area contributed by atoms with Crippen LogP contribution in [0.15, 0.2) is 72.9 Å². The minimum Gasteiger partial charge on any atom is -0.506 e. The number of para-hydroxylation sites is 2. The molecule has 7 nitrogen and oxygen atoms in total. The van der Waals surface area contributed by atoms with Gasteiger partial charge in [-0.2, -0.15) is 0 Å². The van der Waals surface area contributed by atoms with Crippen LogP contribution in [0.2, 0.25) is 0 Å². The van der Waals surface area contributed by atoms with Gasteiger partial charge >= 0.3 is 0 Å². The Morgan fingerprint density at radius 1 is 1.05 bits per heavy atom. The van der Waals surface area contributed by atoms with Crippen LogP contribution in [0.4, 0.5) is 5.69 Å². The van der Waals surface area contributed by atoms with Crippen LogP contribution in [0.5, 0.6) is 5.75 Å². The third-order valence-electron chi connectivity index (χ3n) is 7.36. The molecule has 0 spiro atoms. The zero-order chi connectivity index (χ0) is 27.7. The highest BCUT2D eigenvalue weighted by Crippen LogP contribution is 2.42. The highest BCUT2D eigenvalue weighted by atomic mass is 32.1. The Balaban J connectivity index is 1.48. The Kier molecular flexibility index (Phi) is 7.39. The molecule has 2 aromatic heterocycles. The number of benzene rings is 2. The van der Waals surface area contributed by atoms with E-state index in [1.54, 1.807) is 12.3 Å². The second-order valence-electron chi connectivity index (χ2n) is 10.1. The average molecular weight is 540 g/mol. The number of phenols is 1. The number of anilines is 1. The van der Waals surface area contributed by atoms with Crippen molar-refractivity contribution in [2.75, 3.05) is 11.9 Å². The normalized spacial score (nSPS) is 16.8. The smallest absolute Gasteiger partial charge is 0.226 e. The van der Waals surface area contributed by atoms with Crippen LogP contribution in [0.25, 0.3) is 5.69 Å². The number of aromatic nitrogens is 2. The average Bonchev–Trinajstić information content (AvgIpc) is 3.40. The third-order valence-corrected chi connectivity index (χ3v) is 7.71. The van der Waals surface area contributed by atoms with Crippen molar-refractivity contribution < 1.29 is 9.90 Å². The maximum Gasteiger partial charge on any atom is 0.226 e. The summed E-state index contributed by atoms with van der Waals surface area (Å²) in [5, 5.41) is 17.7. The van der Waals surface area contributed by atoms with Crippen molar-refractivity contribution in [2.45, 2.75) is 46.2 Å². The molecule has 0 saturated carbocycles. The number of thiocarbonyl (C=S) groups is 1. The summed E-state index contributed by atoms with van der Waals surface area (Å²) in [7, 11) is 0. The second-order valence-corrected chi connectivity index (χ2v) is 10.5. The first-order valence-electron chi connectivity index (χ1n) is 13.1. The van der Waals surface area contributed by atoms with Gasteiger partial charge in [0.2, 0.25) is 5.91 Å². The van der Waals surface area contributed by atoms with Gasteiger partial charge in [0.15, 0.2) is 5.11 Å². The fourth-order valence-electron chi connectivity index (χ4n) is 5.40. The molecule has 200 valence electrons. The summed E-state index contributed by atoms with van der Waals surface area (Å²) in [5.74, 6) is 0.151. The van der Waals surface area contributed by atoms with Crippen molar-refractivity contribution in [3.8, 4) is 11.4 Å². The van der Waals surface area contributed by atoms with Crippen LogP contribution in [0, 0.1) is 27.7 Å². The zero-order valence-corrected chi connectivity index (χ0v) is 23.4. The van der Waals surface area contributed by atoms with Gasteiger partial charge in [0.25, 0.3) is 0 Å². The number of aromatic hydroxyl groups is 1. The van der Waals surface area contributed by atoms with Gasteiger partial charge in [-0.3, -0.25) is 9.78 Å². The lowest BCUT2D eigenvalue weighted by Gasteiger charge is -2.28. The van der Waals surface area contributed by atoms with Gasteiger partial charge in [0.05, 0.1) is 23.5 Å². The molecule has 3 heterocycles. The van der Waals surface area contributed by atoms with E-state index in [-0.39, 0.29) is 30.2 Å². The van der Waals surface area contributed by atoms with E-state index in [0.29, 0.717) is 11.7 Å². The molecule has 0 radical (unpaired) electrons. The molecule has 0 unspecified atom stereocenters. The Morgan fingerprint density at radius 3 is 2.56 bits per heavy atom. The number of hydrogen-bond acceptors (Lipinski definition) is 4. The van der Waals surface area contributed by atoms with Gasteiger partial charge in [0.1, 0.15) is 5.75 Å². The third kappa shape index (κ3) is 5.25. The first kappa shape index (κ1) is 26.4. The summed E-state index contributed by atoms with van der Waals surface area (Å²) in [6, 6.07) is 21.0. The predicted octanol–water partition coefficient (Wildman–Crippen LogP) is 5.81. The first-order chi connectivity index (χ1) is 18.7. The maximum atomic E-state index is 13.0. The van der Waals surface area contributed by atoms with Crippen molar-refractivity contribution in [1.82, 2.24) is 19.8 Å². The van der Waals surface area contributed by atoms with E-state index in [0.717, 1.165) is 45.1 Å². The molecule has 1 aliphatic rings. The fourth-order valence-corrected chi connectivity index (χ4v) is 5.73. The van der Waals surface area contributed by atoms with Crippen LogP contribution >= 0.6 is 12.2 Å². The van der Waals surface area contributed by atoms with E-state index in [1.807, 2.05) is 75.4 Å². The minimum absolute atomic E-state index is 0.0637. The standard InChI is InChI=1S/C31H33N5O2S/c1-19-12-13-20(2)25(17-19)33-28(38)14-16-35-30(29(34-31(35)39)24-9-7-8-15-32-24)23-18-21(3)36(22(23)4)26-10-5-6-11-27(26)37/h5-13,15,17-18,29-30,37H,14,16H2,1-4H3,(H,33,38)(H,34,39)/t29-,30+/m1/s1. The van der Waals surface area contributed by atoms with Gasteiger partial charge in [0, 0.05) is 36.2 Å². The molecule has 1 fully saturated rings. The topological polar surface area (TPSA) is 82.4 Å². The van der Waals surface area contributed by atoms with Gasteiger partial charge in [-0.1, -0.05) is 30.3 Å². The monoisotopic (exact) mass is 539 g/mol. The highest BCUT2D eigenvalue weighted by Gasteiger charge is 2.41. The van der Waals surface area contributed by atoms with Gasteiger partial charge in [-0.15, -0.1) is 0 Å². The molecule has 8 heteroatoms. The summed E-state index contributed by atoms with van der Waals surface area (Å²) in [5.41, 5.74) is 7.60. The van der Waals surface area contributed by atoms with Crippen LogP contribution in [0.1, 0.15) is 52.3 Å². The van der Waals surface area contributed by atoms with Crippen molar-refractivity contribution in [3.63, 3.8) is 0 Å². The summed E-state index contributed by atoms with van der Waals surface area (Å²) in [6.45, 7) is 8.52. The molecule has 39 heavy (non-hydrogen) atoms. The number of nitrogens with one attached hydrogen (secondary N) is 2. The van der Waals surface area contributed by atoms with Crippen LogP contribution < -0.4 is 10.6 Å². The number of pyridine rings is 1. The van der Waals surface area contributed by atoms with Crippen LogP contribution in [-0.4, -0.2) is 37.1 Å². The molecule has 0 bridgehead atoms. The number of carbonyl (C=O) groups excluding carboxylic acids is 1. The summed E-state index contributed by atoms with van der Waals surface area (Å²) in [6.07, 6.45) is 2.06. The largest absolute Gasteiger partial charge is 0.506 e. The SMILES string of the molecule is Cc1ccc(C)c(NC(=O)CCN2C(=S)N[C@H](c3ccccn3)[C@@H]2c2cc(C)n(-c3ccccc3O)c2C)c1. The van der Waals surface area contributed by atoms with Crippen LogP contribution in [0.3, 0.4) is 0 Å². The van der Waals surface area contributed by atoms with E-state index < -0.39 is 0 Å². The van der Waals surface area contributed by atoms with E-state index in [9.17, 15) is 9.90 Å². The number of phenolic OH excluding ortho intramolecular Hbond substituents is 1. The molecule has 2 aromatic carbocycles. The van der Waals surface area contributed by atoms with E-state index in [4.69, 9.17) is 12.2 Å². The quantitative estimate of drug-likeness (QED) is 0.257. The lowest BCUT2D eigenvalue weighted by atomic mass is 9.96. The molecule has 5 rings (SSSR count). The summed E-state index contributed by atoms with van der Waals surface area (Å²) in [4.78, 5) is 19.8. The zero-order valence-electron chi connectivity index (χ0n) is 22.6. The van der Waals surface area contributed by atoms with E-state index >= 15 is 0 Å². The molecular formula is C31H33N5O2S. The minimum atomic E-state index is -0.195. The highest BCUT2D eigenvalue weighted by molar-refractivity contribution is 7.80. The number of hydrogen-bond donors (Lipinski definition) is 3. The van der Waals surface area contributed by atoms with E-state index in [1.165, 1.54) is 0 Å². The number of aryl methyl sites for hydroxylation is 3. The Labute approximate surface area is 234 Å².